The average Bonchev–Trinajstić information content (AvgIpc) is 3.04. The van der Waals surface area contributed by atoms with Gasteiger partial charge in [-0.1, -0.05) is 29.4 Å². The van der Waals surface area contributed by atoms with Crippen LogP contribution in [0.5, 0.6) is 11.5 Å². The number of amidine groups is 1. The SMILES string of the molecule is Cc1c(Cl)cccc1NC(=O)CC1SC(=Nc2ccc3c(c2)OCCO3)NC1=O. The van der Waals surface area contributed by atoms with Crippen LogP contribution in [-0.2, 0) is 9.59 Å². The number of carbonyl (C=O) groups is 2. The number of thioether (sulfide) groups is 1. The number of halogens is 1. The molecule has 7 nitrogen and oxygen atoms in total. The molecule has 29 heavy (non-hydrogen) atoms. The van der Waals surface area contributed by atoms with Gasteiger partial charge in [0.05, 0.1) is 5.69 Å². The van der Waals surface area contributed by atoms with E-state index >= 15 is 0 Å². The van der Waals surface area contributed by atoms with Crippen LogP contribution in [0.2, 0.25) is 5.02 Å². The van der Waals surface area contributed by atoms with E-state index < -0.39 is 5.25 Å². The Morgan fingerprint density at radius 1 is 1.28 bits per heavy atom. The Kier molecular flexibility index (Phi) is 5.64. The van der Waals surface area contributed by atoms with Crippen molar-refractivity contribution >= 4 is 51.7 Å². The zero-order chi connectivity index (χ0) is 20.4. The van der Waals surface area contributed by atoms with Gasteiger partial charge < -0.3 is 20.1 Å². The lowest BCUT2D eigenvalue weighted by atomic mass is 10.2. The molecule has 0 saturated carbocycles. The lowest BCUT2D eigenvalue weighted by Gasteiger charge is -2.18. The summed E-state index contributed by atoms with van der Waals surface area (Å²) in [6.07, 6.45) is 0.0304. The number of carbonyl (C=O) groups excluding carboxylic acids is 2. The van der Waals surface area contributed by atoms with E-state index in [9.17, 15) is 9.59 Å². The molecule has 0 aliphatic carbocycles. The molecule has 1 unspecified atom stereocenters. The number of nitrogens with one attached hydrogen (secondary N) is 2. The summed E-state index contributed by atoms with van der Waals surface area (Å²) in [5.74, 6) is 0.794. The van der Waals surface area contributed by atoms with Gasteiger partial charge in [-0.25, -0.2) is 4.99 Å². The monoisotopic (exact) mass is 431 g/mol. The van der Waals surface area contributed by atoms with Crippen LogP contribution in [0.15, 0.2) is 41.4 Å². The molecule has 2 heterocycles. The van der Waals surface area contributed by atoms with E-state index in [2.05, 4.69) is 15.6 Å². The van der Waals surface area contributed by atoms with Gasteiger partial charge >= 0.3 is 0 Å². The van der Waals surface area contributed by atoms with Gasteiger partial charge in [-0.2, -0.15) is 0 Å². The van der Waals surface area contributed by atoms with E-state index in [4.69, 9.17) is 21.1 Å². The van der Waals surface area contributed by atoms with Gasteiger partial charge in [-0.05, 0) is 36.8 Å². The Labute approximate surface area is 176 Å². The van der Waals surface area contributed by atoms with Crippen molar-refractivity contribution in [1.29, 1.82) is 0 Å². The molecule has 1 saturated heterocycles. The molecule has 4 rings (SSSR count). The second-order valence-electron chi connectivity index (χ2n) is 6.51. The molecule has 2 aromatic rings. The Bertz CT molecular complexity index is 1010. The van der Waals surface area contributed by atoms with Gasteiger partial charge in [0.25, 0.3) is 0 Å². The minimum atomic E-state index is -0.551. The van der Waals surface area contributed by atoms with Crippen molar-refractivity contribution in [2.24, 2.45) is 4.99 Å². The Balaban J connectivity index is 1.40. The van der Waals surface area contributed by atoms with Crippen LogP contribution in [0.25, 0.3) is 0 Å². The molecule has 0 radical (unpaired) electrons. The van der Waals surface area contributed by atoms with Crippen LogP contribution in [-0.4, -0.2) is 35.4 Å². The quantitative estimate of drug-likeness (QED) is 0.771. The molecule has 0 bridgehead atoms. The minimum Gasteiger partial charge on any atom is -0.486 e. The number of anilines is 1. The third kappa shape index (κ3) is 4.49. The number of hydrogen-bond acceptors (Lipinski definition) is 6. The van der Waals surface area contributed by atoms with Crippen LogP contribution in [0.3, 0.4) is 0 Å². The van der Waals surface area contributed by atoms with Crippen molar-refractivity contribution < 1.29 is 19.1 Å². The van der Waals surface area contributed by atoms with Gasteiger partial charge in [0.15, 0.2) is 16.7 Å². The molecular weight excluding hydrogens is 414 g/mol. The highest BCUT2D eigenvalue weighted by Crippen LogP contribution is 2.35. The van der Waals surface area contributed by atoms with Crippen molar-refractivity contribution in [3.63, 3.8) is 0 Å². The average molecular weight is 432 g/mol. The highest BCUT2D eigenvalue weighted by Gasteiger charge is 2.32. The van der Waals surface area contributed by atoms with Crippen molar-refractivity contribution in [3.05, 3.63) is 47.0 Å². The van der Waals surface area contributed by atoms with E-state index in [1.807, 2.05) is 6.92 Å². The fourth-order valence-corrected chi connectivity index (χ4v) is 4.09. The number of ether oxygens (including phenoxy) is 2. The first-order chi connectivity index (χ1) is 14.0. The van der Waals surface area contributed by atoms with E-state index in [-0.39, 0.29) is 18.2 Å². The van der Waals surface area contributed by atoms with Gasteiger partial charge in [0.2, 0.25) is 11.8 Å². The van der Waals surface area contributed by atoms with Crippen LogP contribution in [0.4, 0.5) is 11.4 Å². The Hall–Kier alpha value is -2.71. The third-order valence-corrected chi connectivity index (χ3v) is 5.94. The fourth-order valence-electron chi connectivity index (χ4n) is 2.92. The maximum Gasteiger partial charge on any atom is 0.240 e. The van der Waals surface area contributed by atoms with E-state index in [0.29, 0.717) is 46.3 Å². The minimum absolute atomic E-state index is 0.0304. The summed E-state index contributed by atoms with van der Waals surface area (Å²) in [4.78, 5) is 29.1. The fraction of sp³-hybridized carbons (Fsp3) is 0.250. The van der Waals surface area contributed by atoms with Crippen LogP contribution in [0.1, 0.15) is 12.0 Å². The lowest BCUT2D eigenvalue weighted by Crippen LogP contribution is -2.28. The maximum atomic E-state index is 12.4. The predicted molar refractivity (Wildman–Crippen MR) is 113 cm³/mol. The second-order valence-corrected chi connectivity index (χ2v) is 8.10. The van der Waals surface area contributed by atoms with Crippen molar-refractivity contribution in [2.75, 3.05) is 18.5 Å². The number of hydrogen-bond donors (Lipinski definition) is 2. The summed E-state index contributed by atoms with van der Waals surface area (Å²) < 4.78 is 11.0. The number of amides is 2. The largest absolute Gasteiger partial charge is 0.486 e. The molecule has 150 valence electrons. The summed E-state index contributed by atoms with van der Waals surface area (Å²) >= 11 is 7.31. The van der Waals surface area contributed by atoms with E-state index in [0.717, 1.165) is 5.56 Å². The van der Waals surface area contributed by atoms with E-state index in [1.54, 1.807) is 36.4 Å². The summed E-state index contributed by atoms with van der Waals surface area (Å²) in [5, 5.41) is 6.00. The number of rotatable bonds is 4. The molecule has 2 aliphatic rings. The van der Waals surface area contributed by atoms with Crippen molar-refractivity contribution in [2.45, 2.75) is 18.6 Å². The predicted octanol–water partition coefficient (Wildman–Crippen LogP) is 3.67. The number of benzene rings is 2. The molecule has 1 atom stereocenters. The lowest BCUT2D eigenvalue weighted by molar-refractivity contribution is -0.122. The number of fused-ring (bicyclic) bond motifs is 1. The molecule has 0 aromatic heterocycles. The highest BCUT2D eigenvalue weighted by molar-refractivity contribution is 8.15. The zero-order valence-corrected chi connectivity index (χ0v) is 17.1. The van der Waals surface area contributed by atoms with Gasteiger partial charge in [-0.3, -0.25) is 9.59 Å². The molecule has 2 N–H and O–H groups in total. The standard InChI is InChI=1S/C20H18ClN3O4S/c1-11-13(21)3-2-4-14(11)23-18(25)10-17-19(26)24-20(29-17)22-12-5-6-15-16(9-12)28-8-7-27-15/h2-6,9,17H,7-8,10H2,1H3,(H,23,25)(H,22,24,26). The van der Waals surface area contributed by atoms with E-state index in [1.165, 1.54) is 11.8 Å². The molecule has 9 heteroatoms. The number of nitrogens with zero attached hydrogens (tertiary/aromatic N) is 1. The number of aliphatic imine (C=N–C) groups is 1. The molecule has 2 amide bonds. The molecular formula is C20H18ClN3O4S. The molecule has 2 aromatic carbocycles. The third-order valence-electron chi connectivity index (χ3n) is 4.45. The highest BCUT2D eigenvalue weighted by atomic mass is 35.5. The summed E-state index contributed by atoms with van der Waals surface area (Å²) in [7, 11) is 0. The first kappa shape index (κ1) is 19.6. The molecule has 2 aliphatic heterocycles. The van der Waals surface area contributed by atoms with Crippen LogP contribution >= 0.6 is 23.4 Å². The summed E-state index contributed by atoms with van der Waals surface area (Å²) in [5.41, 5.74) is 2.06. The zero-order valence-electron chi connectivity index (χ0n) is 15.5. The van der Waals surface area contributed by atoms with Gasteiger partial charge in [0, 0.05) is 23.2 Å². The van der Waals surface area contributed by atoms with Gasteiger partial charge in [0.1, 0.15) is 18.5 Å². The molecule has 1 fully saturated rings. The van der Waals surface area contributed by atoms with Gasteiger partial charge in [-0.15, -0.1) is 0 Å². The van der Waals surface area contributed by atoms with Crippen LogP contribution in [0, 0.1) is 6.92 Å². The summed E-state index contributed by atoms with van der Waals surface area (Å²) in [6.45, 7) is 2.83. The first-order valence-corrected chi connectivity index (χ1v) is 10.3. The summed E-state index contributed by atoms with van der Waals surface area (Å²) in [6, 6.07) is 10.6. The van der Waals surface area contributed by atoms with Crippen molar-refractivity contribution in [1.82, 2.24) is 5.32 Å². The molecule has 0 spiro atoms. The normalized spacial score (nSPS) is 19.2. The van der Waals surface area contributed by atoms with Crippen molar-refractivity contribution in [3.8, 4) is 11.5 Å². The second kappa shape index (κ2) is 8.34. The topological polar surface area (TPSA) is 89.0 Å². The Morgan fingerprint density at radius 2 is 2.07 bits per heavy atom. The maximum absolute atomic E-state index is 12.4. The Morgan fingerprint density at radius 3 is 2.90 bits per heavy atom. The van der Waals surface area contributed by atoms with Crippen LogP contribution < -0.4 is 20.1 Å². The smallest absolute Gasteiger partial charge is 0.240 e. The first-order valence-electron chi connectivity index (χ1n) is 9.00.